The van der Waals surface area contributed by atoms with Gasteiger partial charge in [-0.1, -0.05) is 20.8 Å². The maximum atomic E-state index is 11.3. The minimum atomic E-state index is -1.05. The molecule has 0 aromatic heterocycles. The molecular weight excluding hydrogens is 200 g/mol. The van der Waals surface area contributed by atoms with Crippen LogP contribution in [-0.4, -0.2) is 46.7 Å². The van der Waals surface area contributed by atoms with Gasteiger partial charge < -0.3 is 19.7 Å². The molecule has 0 spiro atoms. The summed E-state index contributed by atoms with van der Waals surface area (Å²) in [4.78, 5) is 11.3. The van der Waals surface area contributed by atoms with E-state index < -0.39 is 36.5 Å². The summed E-state index contributed by atoms with van der Waals surface area (Å²) in [6.07, 6.45) is -4.31. The van der Waals surface area contributed by atoms with Crippen molar-refractivity contribution >= 4 is 5.97 Å². The van der Waals surface area contributed by atoms with E-state index in [-0.39, 0.29) is 5.41 Å². The number of hydrogen-bond donors (Lipinski definition) is 2. The van der Waals surface area contributed by atoms with Crippen LogP contribution in [0.5, 0.6) is 0 Å². The lowest BCUT2D eigenvalue weighted by molar-refractivity contribution is -0.197. The second-order valence-electron chi connectivity index (χ2n) is 5.23. The standard InChI is InChI=1S/C10H16O5/c1-10(2,3)8-5(12)6-4(11)7(14-8)9(13)15-6/h4-8,11-12H,1-3H3/t4?,5-,6-,7-,8-/m1/s1. The Kier molecular flexibility index (Phi) is 2.29. The number of esters is 1. The van der Waals surface area contributed by atoms with Gasteiger partial charge in [-0.25, -0.2) is 4.79 Å². The van der Waals surface area contributed by atoms with Crippen LogP contribution in [0.25, 0.3) is 0 Å². The van der Waals surface area contributed by atoms with Crippen LogP contribution in [0.2, 0.25) is 0 Å². The van der Waals surface area contributed by atoms with Gasteiger partial charge >= 0.3 is 5.97 Å². The second-order valence-corrected chi connectivity index (χ2v) is 5.23. The Balaban J connectivity index is 2.26. The van der Waals surface area contributed by atoms with Crippen molar-refractivity contribution in [2.75, 3.05) is 0 Å². The first-order valence-electron chi connectivity index (χ1n) is 5.04. The van der Waals surface area contributed by atoms with E-state index in [1.54, 1.807) is 0 Å². The molecule has 0 aromatic rings. The zero-order chi connectivity index (χ0) is 11.4. The highest BCUT2D eigenvalue weighted by atomic mass is 16.6. The molecule has 2 aliphatic heterocycles. The maximum absolute atomic E-state index is 11.3. The minimum absolute atomic E-state index is 0.302. The average molecular weight is 216 g/mol. The predicted molar refractivity (Wildman–Crippen MR) is 50.0 cm³/mol. The van der Waals surface area contributed by atoms with Crippen molar-refractivity contribution in [2.45, 2.75) is 51.3 Å². The molecule has 0 radical (unpaired) electrons. The molecule has 2 rings (SSSR count). The van der Waals surface area contributed by atoms with E-state index in [2.05, 4.69) is 0 Å². The number of carbonyl (C=O) groups excluding carboxylic acids is 1. The van der Waals surface area contributed by atoms with Gasteiger partial charge in [0.1, 0.15) is 12.2 Å². The Bertz CT molecular complexity index is 282. The van der Waals surface area contributed by atoms with Crippen LogP contribution in [0.15, 0.2) is 0 Å². The molecule has 0 saturated carbocycles. The van der Waals surface area contributed by atoms with Crippen LogP contribution < -0.4 is 0 Å². The predicted octanol–water partition coefficient (Wildman–Crippen LogP) is -0.553. The van der Waals surface area contributed by atoms with E-state index in [9.17, 15) is 15.0 Å². The number of hydrogen-bond acceptors (Lipinski definition) is 5. The number of rotatable bonds is 0. The summed E-state index contributed by atoms with van der Waals surface area (Å²) in [6, 6.07) is 0. The zero-order valence-corrected chi connectivity index (χ0v) is 9.01. The van der Waals surface area contributed by atoms with Gasteiger partial charge in [0.2, 0.25) is 0 Å². The third-order valence-corrected chi connectivity index (χ3v) is 2.92. The summed E-state index contributed by atoms with van der Waals surface area (Å²) in [5, 5.41) is 19.5. The van der Waals surface area contributed by atoms with Gasteiger partial charge in [-0.3, -0.25) is 0 Å². The summed E-state index contributed by atoms with van der Waals surface area (Å²) in [6.45, 7) is 5.72. The second kappa shape index (κ2) is 3.17. The summed E-state index contributed by atoms with van der Waals surface area (Å²) >= 11 is 0. The average Bonchev–Trinajstić information content (AvgIpc) is 2.26. The first-order chi connectivity index (χ1) is 6.82. The van der Waals surface area contributed by atoms with E-state index in [0.29, 0.717) is 0 Å². The highest BCUT2D eigenvalue weighted by molar-refractivity contribution is 5.78. The van der Waals surface area contributed by atoms with Crippen LogP contribution >= 0.6 is 0 Å². The molecule has 0 aliphatic carbocycles. The molecule has 2 saturated heterocycles. The Hall–Kier alpha value is -0.650. The first-order valence-corrected chi connectivity index (χ1v) is 5.04. The Labute approximate surface area is 88.0 Å². The summed E-state index contributed by atoms with van der Waals surface area (Å²) in [7, 11) is 0. The van der Waals surface area contributed by atoms with Crippen LogP contribution in [0, 0.1) is 5.41 Å². The third kappa shape index (κ3) is 1.55. The Morgan fingerprint density at radius 2 is 1.80 bits per heavy atom. The van der Waals surface area contributed by atoms with Gasteiger partial charge in [0.05, 0.1) is 6.10 Å². The molecule has 2 heterocycles. The molecular formula is C10H16O5. The number of aliphatic hydroxyl groups is 2. The van der Waals surface area contributed by atoms with Crippen LogP contribution in [0.4, 0.5) is 0 Å². The summed E-state index contributed by atoms with van der Waals surface area (Å²) in [5.74, 6) is -0.585. The number of ether oxygens (including phenoxy) is 2. The molecule has 2 aliphatic rings. The fourth-order valence-electron chi connectivity index (χ4n) is 2.12. The Morgan fingerprint density at radius 3 is 2.33 bits per heavy atom. The van der Waals surface area contributed by atoms with E-state index in [1.165, 1.54) is 0 Å². The molecule has 1 unspecified atom stereocenters. The van der Waals surface area contributed by atoms with Gasteiger partial charge in [-0.15, -0.1) is 0 Å². The van der Waals surface area contributed by atoms with E-state index in [1.807, 2.05) is 20.8 Å². The highest BCUT2D eigenvalue weighted by Crippen LogP contribution is 2.37. The molecule has 2 fully saturated rings. The quantitative estimate of drug-likeness (QED) is 0.531. The summed E-state index contributed by atoms with van der Waals surface area (Å²) < 4.78 is 10.3. The fraction of sp³-hybridized carbons (Fsp3) is 0.900. The van der Waals surface area contributed by atoms with Gasteiger partial charge in [0, 0.05) is 0 Å². The first kappa shape index (κ1) is 10.9. The topological polar surface area (TPSA) is 76.0 Å². The van der Waals surface area contributed by atoms with Gasteiger partial charge in [0.25, 0.3) is 0 Å². The van der Waals surface area contributed by atoms with Gasteiger partial charge in [-0.05, 0) is 5.41 Å². The maximum Gasteiger partial charge on any atom is 0.338 e. The SMILES string of the molecule is CC(C)(C)[C@@H]1O[C@H]2C(=O)O[C@H](C2O)[C@H]1O. The lowest BCUT2D eigenvalue weighted by Crippen LogP contribution is -2.57. The van der Waals surface area contributed by atoms with E-state index >= 15 is 0 Å². The van der Waals surface area contributed by atoms with Gasteiger partial charge in [0.15, 0.2) is 12.2 Å². The van der Waals surface area contributed by atoms with Crippen molar-refractivity contribution in [1.82, 2.24) is 0 Å². The lowest BCUT2D eigenvalue weighted by Gasteiger charge is -2.40. The molecule has 0 amide bonds. The molecule has 5 heteroatoms. The Morgan fingerprint density at radius 1 is 1.20 bits per heavy atom. The minimum Gasteiger partial charge on any atom is -0.455 e. The van der Waals surface area contributed by atoms with Gasteiger partial charge in [-0.2, -0.15) is 0 Å². The third-order valence-electron chi connectivity index (χ3n) is 2.92. The van der Waals surface area contributed by atoms with E-state index in [4.69, 9.17) is 9.47 Å². The number of carbonyl (C=O) groups is 1. The molecule has 5 nitrogen and oxygen atoms in total. The number of aliphatic hydroxyl groups excluding tert-OH is 2. The van der Waals surface area contributed by atoms with Crippen LogP contribution in [-0.2, 0) is 14.3 Å². The van der Waals surface area contributed by atoms with Crippen molar-refractivity contribution in [1.29, 1.82) is 0 Å². The monoisotopic (exact) mass is 216 g/mol. The van der Waals surface area contributed by atoms with Crippen LogP contribution in [0.1, 0.15) is 20.8 Å². The molecule has 0 aromatic carbocycles. The lowest BCUT2D eigenvalue weighted by atomic mass is 9.81. The van der Waals surface area contributed by atoms with Crippen molar-refractivity contribution in [3.63, 3.8) is 0 Å². The summed E-state index contributed by atoms with van der Waals surface area (Å²) in [5.41, 5.74) is -0.302. The van der Waals surface area contributed by atoms with Crippen molar-refractivity contribution in [3.05, 3.63) is 0 Å². The molecule has 2 N–H and O–H groups in total. The van der Waals surface area contributed by atoms with E-state index in [0.717, 1.165) is 0 Å². The van der Waals surface area contributed by atoms with Crippen molar-refractivity contribution in [2.24, 2.45) is 5.41 Å². The molecule has 2 bridgehead atoms. The molecule has 86 valence electrons. The molecule has 15 heavy (non-hydrogen) atoms. The largest absolute Gasteiger partial charge is 0.455 e. The smallest absolute Gasteiger partial charge is 0.338 e. The van der Waals surface area contributed by atoms with Crippen molar-refractivity contribution in [3.8, 4) is 0 Å². The van der Waals surface area contributed by atoms with Crippen LogP contribution in [0.3, 0.4) is 0 Å². The fourth-order valence-corrected chi connectivity index (χ4v) is 2.12. The highest BCUT2D eigenvalue weighted by Gasteiger charge is 2.57. The normalized spacial score (nSPS) is 45.4. The molecule has 5 atom stereocenters. The van der Waals surface area contributed by atoms with Crippen molar-refractivity contribution < 1.29 is 24.5 Å². The number of fused-ring (bicyclic) bond motifs is 2. The zero-order valence-electron chi connectivity index (χ0n) is 9.01.